The molecule has 8 nitrogen and oxygen atoms in total. The summed E-state index contributed by atoms with van der Waals surface area (Å²) in [7, 11) is 1.83. The third kappa shape index (κ3) is 5.50. The molecule has 0 fully saturated rings. The molecule has 1 atom stereocenters. The van der Waals surface area contributed by atoms with Crippen molar-refractivity contribution in [3.05, 3.63) is 61.9 Å². The second-order valence-corrected chi connectivity index (χ2v) is 9.61. The highest BCUT2D eigenvalue weighted by molar-refractivity contribution is 7.16. The molecule has 4 rings (SSSR count). The maximum absolute atomic E-state index is 12.3. The summed E-state index contributed by atoms with van der Waals surface area (Å²) in [6, 6.07) is 6.06. The molecule has 1 unspecified atom stereocenters. The standard InChI is InChI=1S/C23H23N5O3S2/c1-14-9-16(28(2)27-14)12-25-23(30)31-17-4-5-18-19(11-24)22(33-20(18)10-17)26-21(29)6-3-15-7-8-32-13-15/h3,6-9,13,17H,4-5,10,12H2,1-2H3,(H,25,30)(H,26,29)/b6-3+. The van der Waals surface area contributed by atoms with Gasteiger partial charge in [0.1, 0.15) is 17.2 Å². The second kappa shape index (κ2) is 10.0. The van der Waals surface area contributed by atoms with Gasteiger partial charge in [0.05, 0.1) is 23.5 Å². The van der Waals surface area contributed by atoms with Crippen LogP contribution in [0.5, 0.6) is 0 Å². The van der Waals surface area contributed by atoms with Crippen LogP contribution >= 0.6 is 22.7 Å². The van der Waals surface area contributed by atoms with E-state index in [1.807, 2.05) is 36.9 Å². The molecule has 2 amide bonds. The SMILES string of the molecule is Cc1cc(CNC(=O)OC2CCc3c(sc(NC(=O)/C=C/c4ccsc4)c3C#N)C2)n(C)n1. The molecule has 170 valence electrons. The molecule has 3 aromatic rings. The van der Waals surface area contributed by atoms with Crippen molar-refractivity contribution in [3.63, 3.8) is 0 Å². The van der Waals surface area contributed by atoms with E-state index in [4.69, 9.17) is 4.74 Å². The summed E-state index contributed by atoms with van der Waals surface area (Å²) in [6.07, 6.45) is 4.20. The molecule has 0 bridgehead atoms. The number of carbonyl (C=O) groups excluding carboxylic acids is 2. The van der Waals surface area contributed by atoms with Gasteiger partial charge in [-0.25, -0.2) is 4.79 Å². The van der Waals surface area contributed by atoms with Crippen molar-refractivity contribution in [2.24, 2.45) is 7.05 Å². The third-order valence-electron chi connectivity index (χ3n) is 5.33. The fourth-order valence-corrected chi connectivity index (χ4v) is 5.64. The summed E-state index contributed by atoms with van der Waals surface area (Å²) in [6.45, 7) is 2.23. The van der Waals surface area contributed by atoms with Crippen LogP contribution in [0.4, 0.5) is 9.80 Å². The predicted molar refractivity (Wildman–Crippen MR) is 128 cm³/mol. The van der Waals surface area contributed by atoms with Gasteiger partial charge in [-0.15, -0.1) is 11.3 Å². The first-order valence-electron chi connectivity index (χ1n) is 10.4. The number of thiophene rings is 2. The van der Waals surface area contributed by atoms with Crippen LogP contribution in [0.25, 0.3) is 6.08 Å². The van der Waals surface area contributed by atoms with E-state index in [1.54, 1.807) is 22.1 Å². The highest BCUT2D eigenvalue weighted by Crippen LogP contribution is 2.38. The number of amides is 2. The lowest BCUT2D eigenvalue weighted by atomic mass is 9.94. The number of nitrogens with zero attached hydrogens (tertiary/aromatic N) is 3. The molecule has 1 aliphatic rings. The Balaban J connectivity index is 1.36. The highest BCUT2D eigenvalue weighted by Gasteiger charge is 2.28. The van der Waals surface area contributed by atoms with Crippen molar-refractivity contribution in [3.8, 4) is 6.07 Å². The van der Waals surface area contributed by atoms with E-state index < -0.39 is 6.09 Å². The number of alkyl carbamates (subject to hydrolysis) is 1. The first-order chi connectivity index (χ1) is 15.9. The Morgan fingerprint density at radius 3 is 3.00 bits per heavy atom. The minimum atomic E-state index is -0.480. The molecule has 1 aliphatic carbocycles. The van der Waals surface area contributed by atoms with Crippen LogP contribution < -0.4 is 10.6 Å². The fraction of sp³-hybridized carbons (Fsp3) is 0.304. The number of nitrogens with one attached hydrogen (secondary N) is 2. The predicted octanol–water partition coefficient (Wildman–Crippen LogP) is 4.16. The minimum absolute atomic E-state index is 0.280. The molecule has 0 aliphatic heterocycles. The molecule has 3 aromatic heterocycles. The fourth-order valence-electron chi connectivity index (χ4n) is 3.74. The Hall–Kier alpha value is -3.42. The first-order valence-corrected chi connectivity index (χ1v) is 12.2. The summed E-state index contributed by atoms with van der Waals surface area (Å²) in [5, 5.41) is 23.9. The van der Waals surface area contributed by atoms with Crippen LogP contribution in [-0.2, 0) is 36.0 Å². The quantitative estimate of drug-likeness (QED) is 0.514. The topological polar surface area (TPSA) is 109 Å². The molecule has 33 heavy (non-hydrogen) atoms. The Morgan fingerprint density at radius 2 is 2.30 bits per heavy atom. The summed E-state index contributed by atoms with van der Waals surface area (Å²) < 4.78 is 7.33. The van der Waals surface area contributed by atoms with Gasteiger partial charge < -0.3 is 15.4 Å². The van der Waals surface area contributed by atoms with Gasteiger partial charge in [0, 0.05) is 24.4 Å². The summed E-state index contributed by atoms with van der Waals surface area (Å²) in [5.41, 5.74) is 4.17. The smallest absolute Gasteiger partial charge is 0.407 e. The van der Waals surface area contributed by atoms with E-state index in [1.165, 1.54) is 17.4 Å². The number of rotatable bonds is 6. The van der Waals surface area contributed by atoms with E-state index in [0.29, 0.717) is 36.4 Å². The zero-order chi connectivity index (χ0) is 23.4. The molecular weight excluding hydrogens is 458 g/mol. The number of nitriles is 1. The van der Waals surface area contributed by atoms with Gasteiger partial charge in [-0.1, -0.05) is 0 Å². The molecule has 3 heterocycles. The lowest BCUT2D eigenvalue weighted by molar-refractivity contribution is -0.111. The van der Waals surface area contributed by atoms with E-state index >= 15 is 0 Å². The summed E-state index contributed by atoms with van der Waals surface area (Å²) >= 11 is 2.93. The van der Waals surface area contributed by atoms with E-state index in [9.17, 15) is 14.9 Å². The lowest BCUT2D eigenvalue weighted by Gasteiger charge is -2.22. The second-order valence-electron chi connectivity index (χ2n) is 7.72. The van der Waals surface area contributed by atoms with Gasteiger partial charge >= 0.3 is 6.09 Å². The van der Waals surface area contributed by atoms with Gasteiger partial charge in [-0.2, -0.15) is 21.7 Å². The number of carbonyl (C=O) groups is 2. The van der Waals surface area contributed by atoms with E-state index in [0.717, 1.165) is 27.4 Å². The average molecular weight is 482 g/mol. The Kier molecular flexibility index (Phi) is 6.91. The number of hydrogen-bond acceptors (Lipinski definition) is 7. The third-order valence-corrected chi connectivity index (χ3v) is 7.20. The van der Waals surface area contributed by atoms with Gasteiger partial charge in [-0.05, 0) is 59.9 Å². The van der Waals surface area contributed by atoms with Crippen LogP contribution in [0.2, 0.25) is 0 Å². The molecule has 2 N–H and O–H groups in total. The average Bonchev–Trinajstić information content (AvgIpc) is 3.49. The molecule has 0 saturated heterocycles. The number of anilines is 1. The van der Waals surface area contributed by atoms with Gasteiger partial charge in [0.25, 0.3) is 0 Å². The maximum atomic E-state index is 12.3. The number of fused-ring (bicyclic) bond motifs is 1. The zero-order valence-corrected chi connectivity index (χ0v) is 19.9. The minimum Gasteiger partial charge on any atom is -0.446 e. The molecular formula is C23H23N5O3S2. The van der Waals surface area contributed by atoms with Crippen molar-refractivity contribution in [1.82, 2.24) is 15.1 Å². The van der Waals surface area contributed by atoms with Crippen molar-refractivity contribution in [2.45, 2.75) is 38.8 Å². The van der Waals surface area contributed by atoms with E-state index in [2.05, 4.69) is 21.8 Å². The summed E-state index contributed by atoms with van der Waals surface area (Å²) in [5.74, 6) is -0.283. The van der Waals surface area contributed by atoms with Crippen LogP contribution in [-0.4, -0.2) is 27.9 Å². The van der Waals surface area contributed by atoms with Crippen LogP contribution in [0.3, 0.4) is 0 Å². The van der Waals surface area contributed by atoms with Crippen LogP contribution in [0.15, 0.2) is 29.0 Å². The number of aromatic nitrogens is 2. The number of hydrogen-bond donors (Lipinski definition) is 2. The van der Waals surface area contributed by atoms with Gasteiger partial charge in [0.15, 0.2) is 0 Å². The molecule has 0 saturated carbocycles. The Bertz CT molecular complexity index is 1230. The molecule has 0 aromatic carbocycles. The van der Waals surface area contributed by atoms with Crippen LogP contribution in [0, 0.1) is 18.3 Å². The summed E-state index contributed by atoms with van der Waals surface area (Å²) in [4.78, 5) is 25.6. The van der Waals surface area contributed by atoms with Crippen LogP contribution in [0.1, 0.15) is 39.4 Å². The first kappa shape index (κ1) is 22.8. The van der Waals surface area contributed by atoms with Gasteiger partial charge in [-0.3, -0.25) is 9.48 Å². The number of aryl methyl sites for hydroxylation is 2. The largest absolute Gasteiger partial charge is 0.446 e. The van der Waals surface area contributed by atoms with Crippen molar-refractivity contribution in [2.75, 3.05) is 5.32 Å². The Labute approximate surface area is 199 Å². The van der Waals surface area contributed by atoms with Gasteiger partial charge in [0.2, 0.25) is 5.91 Å². The van der Waals surface area contributed by atoms with Crippen molar-refractivity contribution >= 4 is 45.8 Å². The number of ether oxygens (including phenoxy) is 1. The lowest BCUT2D eigenvalue weighted by Crippen LogP contribution is -2.32. The van der Waals surface area contributed by atoms with E-state index in [-0.39, 0.29) is 12.0 Å². The van der Waals surface area contributed by atoms with Crippen molar-refractivity contribution < 1.29 is 14.3 Å². The molecule has 0 radical (unpaired) electrons. The normalized spacial score (nSPS) is 15.1. The molecule has 10 heteroatoms. The monoisotopic (exact) mass is 481 g/mol. The van der Waals surface area contributed by atoms with Crippen molar-refractivity contribution in [1.29, 1.82) is 5.26 Å². The molecule has 0 spiro atoms. The highest BCUT2D eigenvalue weighted by atomic mass is 32.1. The zero-order valence-electron chi connectivity index (χ0n) is 18.3. The maximum Gasteiger partial charge on any atom is 0.407 e. The Morgan fingerprint density at radius 1 is 1.45 bits per heavy atom.